The van der Waals surface area contributed by atoms with E-state index in [4.69, 9.17) is 9.47 Å². The van der Waals surface area contributed by atoms with Gasteiger partial charge in [0, 0.05) is 10.8 Å². The predicted molar refractivity (Wildman–Crippen MR) is 58.7 cm³/mol. The van der Waals surface area contributed by atoms with E-state index >= 15 is 0 Å². The van der Waals surface area contributed by atoms with Gasteiger partial charge in [0.2, 0.25) is 0 Å². The summed E-state index contributed by atoms with van der Waals surface area (Å²) in [4.78, 5) is 20.5. The van der Waals surface area contributed by atoms with Gasteiger partial charge in [0.25, 0.3) is 12.9 Å². The molecule has 4 heteroatoms. The van der Waals surface area contributed by atoms with Crippen LogP contribution < -0.4 is 0 Å². The van der Waals surface area contributed by atoms with E-state index in [1.807, 2.05) is 0 Å². The van der Waals surface area contributed by atoms with Crippen molar-refractivity contribution >= 4 is 12.9 Å². The minimum absolute atomic E-state index is 0.0140. The molecule has 4 nitrogen and oxygen atoms in total. The summed E-state index contributed by atoms with van der Waals surface area (Å²) < 4.78 is 9.77. The van der Waals surface area contributed by atoms with E-state index in [2.05, 4.69) is 13.8 Å². The Balaban J connectivity index is 2.56. The summed E-state index contributed by atoms with van der Waals surface area (Å²) in [6, 6.07) is 0. The Labute approximate surface area is 96.3 Å². The Morgan fingerprint density at radius 3 is 1.81 bits per heavy atom. The van der Waals surface area contributed by atoms with Crippen LogP contribution in [0.1, 0.15) is 39.5 Å². The van der Waals surface area contributed by atoms with Crippen molar-refractivity contribution in [1.29, 1.82) is 0 Å². The van der Waals surface area contributed by atoms with Crippen LogP contribution in [0.5, 0.6) is 0 Å². The number of ether oxygens (including phenoxy) is 2. The largest absolute Gasteiger partial charge is 0.467 e. The molecule has 1 saturated carbocycles. The summed E-state index contributed by atoms with van der Waals surface area (Å²) in [5.41, 5.74) is 0.0281. The average Bonchev–Trinajstić information content (AvgIpc) is 2.24. The van der Waals surface area contributed by atoms with E-state index in [9.17, 15) is 9.59 Å². The van der Waals surface area contributed by atoms with Crippen LogP contribution in [0.15, 0.2) is 0 Å². The molecule has 0 bridgehead atoms. The van der Waals surface area contributed by atoms with Crippen molar-refractivity contribution in [3.63, 3.8) is 0 Å². The molecule has 1 rings (SSSR count). The Morgan fingerprint density at radius 2 is 1.44 bits per heavy atom. The first-order chi connectivity index (χ1) is 7.54. The lowest BCUT2D eigenvalue weighted by atomic mass is 9.64. The van der Waals surface area contributed by atoms with Gasteiger partial charge >= 0.3 is 0 Å². The van der Waals surface area contributed by atoms with Gasteiger partial charge in [0.05, 0.1) is 13.2 Å². The molecular formula is C12H20O4. The first-order valence-electron chi connectivity index (χ1n) is 5.64. The van der Waals surface area contributed by atoms with Crippen molar-refractivity contribution in [2.75, 3.05) is 13.2 Å². The molecular weight excluding hydrogens is 208 g/mol. The number of carbonyl (C=O) groups excluding carboxylic acids is 2. The Hall–Kier alpha value is -1.06. The third-order valence-electron chi connectivity index (χ3n) is 3.41. The lowest BCUT2D eigenvalue weighted by Crippen LogP contribution is -2.38. The molecule has 0 aromatic heterocycles. The summed E-state index contributed by atoms with van der Waals surface area (Å²) in [5.74, 6) is 0. The van der Waals surface area contributed by atoms with Crippen LogP contribution in [0, 0.1) is 10.8 Å². The zero-order valence-corrected chi connectivity index (χ0v) is 10.0. The Bertz CT molecular complexity index is 229. The molecule has 0 saturated heterocycles. The number of rotatable bonds is 6. The first-order valence-corrected chi connectivity index (χ1v) is 5.64. The highest BCUT2D eigenvalue weighted by molar-refractivity contribution is 5.37. The molecule has 1 aliphatic carbocycles. The molecule has 0 aromatic rings. The van der Waals surface area contributed by atoms with Crippen LogP contribution in [0.25, 0.3) is 0 Å². The monoisotopic (exact) mass is 228 g/mol. The van der Waals surface area contributed by atoms with Gasteiger partial charge in [-0.05, 0) is 19.3 Å². The molecule has 0 spiro atoms. The van der Waals surface area contributed by atoms with Crippen LogP contribution in [-0.4, -0.2) is 26.2 Å². The van der Waals surface area contributed by atoms with E-state index in [-0.39, 0.29) is 10.8 Å². The summed E-state index contributed by atoms with van der Waals surface area (Å²) in [7, 11) is 0. The van der Waals surface area contributed by atoms with Crippen LogP contribution >= 0.6 is 0 Å². The summed E-state index contributed by atoms with van der Waals surface area (Å²) >= 11 is 0. The molecule has 0 N–H and O–H groups in total. The van der Waals surface area contributed by atoms with Crippen LogP contribution in [-0.2, 0) is 19.1 Å². The highest BCUT2D eigenvalue weighted by atomic mass is 16.5. The van der Waals surface area contributed by atoms with Gasteiger partial charge in [-0.3, -0.25) is 9.59 Å². The lowest BCUT2D eigenvalue weighted by molar-refractivity contribution is -0.137. The second-order valence-electron chi connectivity index (χ2n) is 5.47. The second-order valence-corrected chi connectivity index (χ2v) is 5.47. The highest BCUT2D eigenvalue weighted by Crippen LogP contribution is 2.46. The van der Waals surface area contributed by atoms with E-state index in [1.165, 1.54) is 0 Å². The Kier molecular flexibility index (Phi) is 4.33. The van der Waals surface area contributed by atoms with E-state index < -0.39 is 0 Å². The molecule has 1 aliphatic rings. The number of carbonyl (C=O) groups is 2. The summed E-state index contributed by atoms with van der Waals surface area (Å²) in [6.45, 7) is 6.14. The van der Waals surface area contributed by atoms with Gasteiger partial charge in [-0.2, -0.15) is 0 Å². The average molecular weight is 228 g/mol. The van der Waals surface area contributed by atoms with Gasteiger partial charge in [0.15, 0.2) is 0 Å². The fourth-order valence-corrected chi connectivity index (χ4v) is 2.87. The van der Waals surface area contributed by atoms with E-state index in [0.717, 1.165) is 25.7 Å². The first kappa shape index (κ1) is 13.0. The summed E-state index contributed by atoms with van der Waals surface area (Å²) in [6.07, 6.45) is 4.11. The molecule has 0 radical (unpaired) electrons. The van der Waals surface area contributed by atoms with Gasteiger partial charge in [-0.25, -0.2) is 0 Å². The molecule has 16 heavy (non-hydrogen) atoms. The lowest BCUT2D eigenvalue weighted by Gasteiger charge is -2.43. The maximum Gasteiger partial charge on any atom is 0.293 e. The Morgan fingerprint density at radius 1 is 1.00 bits per heavy atom. The minimum atomic E-state index is 0.0140. The smallest absolute Gasteiger partial charge is 0.293 e. The van der Waals surface area contributed by atoms with E-state index in [1.54, 1.807) is 0 Å². The second kappa shape index (κ2) is 5.32. The molecule has 1 fully saturated rings. The third kappa shape index (κ3) is 3.51. The standard InChI is InChI=1S/C12H20O4/c1-11(7-15-9-13)4-3-5-12(2,6-11)8-16-10-14/h9-10H,3-8H2,1-2H3. The van der Waals surface area contributed by atoms with Crippen molar-refractivity contribution in [2.24, 2.45) is 10.8 Å². The SMILES string of the molecule is CC1(COC=O)CCCC(C)(COC=O)C1. The maximum absolute atomic E-state index is 10.2. The van der Waals surface area contributed by atoms with Crippen molar-refractivity contribution in [3.8, 4) is 0 Å². The molecule has 2 atom stereocenters. The molecule has 2 unspecified atom stereocenters. The highest BCUT2D eigenvalue weighted by Gasteiger charge is 2.40. The topological polar surface area (TPSA) is 52.6 Å². The van der Waals surface area contributed by atoms with Crippen LogP contribution in [0.2, 0.25) is 0 Å². The molecule has 0 heterocycles. The van der Waals surface area contributed by atoms with Gasteiger partial charge in [-0.1, -0.05) is 20.3 Å². The molecule has 92 valence electrons. The molecule has 0 aliphatic heterocycles. The number of hydrogen-bond donors (Lipinski definition) is 0. The molecule has 0 aromatic carbocycles. The minimum Gasteiger partial charge on any atom is -0.467 e. The molecule has 0 amide bonds. The van der Waals surface area contributed by atoms with Crippen molar-refractivity contribution < 1.29 is 19.1 Å². The van der Waals surface area contributed by atoms with Gasteiger partial charge in [-0.15, -0.1) is 0 Å². The fraction of sp³-hybridized carbons (Fsp3) is 0.833. The van der Waals surface area contributed by atoms with E-state index in [0.29, 0.717) is 26.2 Å². The fourth-order valence-electron chi connectivity index (χ4n) is 2.87. The van der Waals surface area contributed by atoms with Crippen molar-refractivity contribution in [2.45, 2.75) is 39.5 Å². The van der Waals surface area contributed by atoms with Crippen molar-refractivity contribution in [3.05, 3.63) is 0 Å². The normalized spacial score (nSPS) is 34.1. The zero-order valence-electron chi connectivity index (χ0n) is 10.0. The van der Waals surface area contributed by atoms with Gasteiger partial charge < -0.3 is 9.47 Å². The predicted octanol–water partition coefficient (Wildman–Crippen LogP) is 1.92. The van der Waals surface area contributed by atoms with Gasteiger partial charge in [0.1, 0.15) is 0 Å². The third-order valence-corrected chi connectivity index (χ3v) is 3.41. The van der Waals surface area contributed by atoms with Crippen molar-refractivity contribution in [1.82, 2.24) is 0 Å². The van der Waals surface area contributed by atoms with Crippen LogP contribution in [0.4, 0.5) is 0 Å². The van der Waals surface area contributed by atoms with Crippen LogP contribution in [0.3, 0.4) is 0 Å². The number of hydrogen-bond acceptors (Lipinski definition) is 4. The maximum atomic E-state index is 10.2. The quantitative estimate of drug-likeness (QED) is 0.652. The zero-order chi connectivity index (χ0) is 12.1. The summed E-state index contributed by atoms with van der Waals surface area (Å²) in [5, 5.41) is 0.